The maximum absolute atomic E-state index is 13.1. The van der Waals surface area contributed by atoms with Gasteiger partial charge in [0.15, 0.2) is 0 Å². The molecule has 3 N–H and O–H groups in total. The van der Waals surface area contributed by atoms with Gasteiger partial charge in [-0.3, -0.25) is 4.79 Å². The predicted octanol–water partition coefficient (Wildman–Crippen LogP) is 1.60. The van der Waals surface area contributed by atoms with E-state index in [1.807, 2.05) is 0 Å². The lowest BCUT2D eigenvalue weighted by atomic mass is 9.76. The Labute approximate surface area is 132 Å². The van der Waals surface area contributed by atoms with Crippen molar-refractivity contribution in [1.82, 2.24) is 10.2 Å². The van der Waals surface area contributed by atoms with Crippen LogP contribution >= 0.6 is 0 Å². The number of benzene rings is 1. The largest absolute Gasteiger partial charge is 0.333 e. The summed E-state index contributed by atoms with van der Waals surface area (Å²) in [6.07, 6.45) is 2.77. The molecule has 22 heavy (non-hydrogen) atoms. The molecular weight excluding hydrogens is 274 g/mol. The van der Waals surface area contributed by atoms with Crippen molar-refractivity contribution in [2.45, 2.75) is 37.8 Å². The Morgan fingerprint density at radius 2 is 2.09 bits per heavy atom. The van der Waals surface area contributed by atoms with Crippen LogP contribution in [0.2, 0.25) is 0 Å². The zero-order chi connectivity index (χ0) is 15.3. The first-order valence-electron chi connectivity index (χ1n) is 8.46. The highest BCUT2D eigenvalue weighted by molar-refractivity contribution is 5.88. The molecule has 4 nitrogen and oxygen atoms in total. The van der Waals surface area contributed by atoms with Crippen LogP contribution in [0, 0.1) is 18.8 Å². The van der Waals surface area contributed by atoms with E-state index in [1.165, 1.54) is 11.1 Å². The van der Waals surface area contributed by atoms with Gasteiger partial charge in [-0.2, -0.15) is 0 Å². The van der Waals surface area contributed by atoms with Crippen LogP contribution in [0.1, 0.15) is 36.4 Å². The topological polar surface area (TPSA) is 58.4 Å². The number of nitrogens with two attached hydrogens (primary N) is 1. The fraction of sp³-hybridized carbons (Fsp3) is 0.611. The number of hydrogen-bond acceptors (Lipinski definition) is 3. The molecule has 0 spiro atoms. The molecule has 1 aromatic carbocycles. The number of carbonyl (C=O) groups is 1. The van der Waals surface area contributed by atoms with Gasteiger partial charge < -0.3 is 16.0 Å². The Balaban J connectivity index is 1.71. The van der Waals surface area contributed by atoms with E-state index >= 15 is 0 Å². The molecule has 1 amide bonds. The van der Waals surface area contributed by atoms with Crippen molar-refractivity contribution >= 4 is 5.91 Å². The van der Waals surface area contributed by atoms with E-state index in [0.29, 0.717) is 11.8 Å². The van der Waals surface area contributed by atoms with Crippen LogP contribution in [0.15, 0.2) is 24.3 Å². The van der Waals surface area contributed by atoms with E-state index in [9.17, 15) is 4.79 Å². The number of hydrogen-bond donors (Lipinski definition) is 2. The van der Waals surface area contributed by atoms with Crippen molar-refractivity contribution in [2.75, 3.05) is 19.6 Å². The number of aryl methyl sites for hydroxylation is 1. The van der Waals surface area contributed by atoms with Gasteiger partial charge in [0, 0.05) is 25.6 Å². The highest BCUT2D eigenvalue weighted by Crippen LogP contribution is 2.45. The second kappa shape index (κ2) is 5.07. The molecule has 0 aromatic heterocycles. The van der Waals surface area contributed by atoms with Crippen molar-refractivity contribution in [3.63, 3.8) is 0 Å². The van der Waals surface area contributed by atoms with Crippen molar-refractivity contribution < 1.29 is 4.79 Å². The standard InChI is InChI=1S/C18H25N3O/c1-12-5-2-3-6-14(12)16-15-10-20-9-13(15)11-21(16)17(22)18(19)7-4-8-18/h2-3,5-6,13,15-16,20H,4,7-11,19H2,1H3/t13-,15-,16-/m0/s1. The molecule has 3 atom stereocenters. The molecule has 4 heteroatoms. The maximum atomic E-state index is 13.1. The quantitative estimate of drug-likeness (QED) is 0.872. The van der Waals surface area contributed by atoms with Crippen LogP contribution < -0.4 is 11.1 Å². The number of nitrogens with one attached hydrogen (secondary N) is 1. The molecule has 118 valence electrons. The van der Waals surface area contributed by atoms with Crippen LogP contribution in [-0.2, 0) is 4.79 Å². The van der Waals surface area contributed by atoms with Crippen LogP contribution in [-0.4, -0.2) is 36.0 Å². The molecule has 0 radical (unpaired) electrons. The number of likely N-dealkylation sites (tertiary alicyclic amines) is 1. The average Bonchev–Trinajstić information content (AvgIpc) is 3.05. The lowest BCUT2D eigenvalue weighted by molar-refractivity contribution is -0.141. The van der Waals surface area contributed by atoms with Gasteiger partial charge in [-0.05, 0) is 43.2 Å². The summed E-state index contributed by atoms with van der Waals surface area (Å²) < 4.78 is 0. The summed E-state index contributed by atoms with van der Waals surface area (Å²) in [7, 11) is 0. The van der Waals surface area contributed by atoms with Gasteiger partial charge >= 0.3 is 0 Å². The minimum absolute atomic E-state index is 0.182. The van der Waals surface area contributed by atoms with E-state index in [-0.39, 0.29) is 11.9 Å². The first-order chi connectivity index (χ1) is 10.6. The van der Waals surface area contributed by atoms with Crippen molar-refractivity contribution in [1.29, 1.82) is 0 Å². The van der Waals surface area contributed by atoms with E-state index in [0.717, 1.165) is 38.9 Å². The third-order valence-corrected chi connectivity index (χ3v) is 6.00. The van der Waals surface area contributed by atoms with Gasteiger partial charge in [-0.25, -0.2) is 0 Å². The summed E-state index contributed by atoms with van der Waals surface area (Å²) in [5.74, 6) is 1.27. The SMILES string of the molecule is Cc1ccccc1[C@H]1[C@H]2CNC[C@H]2CN1C(=O)C1(N)CCC1. The van der Waals surface area contributed by atoms with Crippen molar-refractivity contribution in [3.8, 4) is 0 Å². The third kappa shape index (κ3) is 2.01. The lowest BCUT2D eigenvalue weighted by Crippen LogP contribution is -2.59. The van der Waals surface area contributed by atoms with Crippen LogP contribution in [0.4, 0.5) is 0 Å². The molecule has 4 rings (SSSR count). The Kier molecular flexibility index (Phi) is 3.27. The fourth-order valence-electron chi connectivity index (χ4n) is 4.50. The Bertz CT molecular complexity index is 596. The Morgan fingerprint density at radius 3 is 2.77 bits per heavy atom. The first-order valence-corrected chi connectivity index (χ1v) is 8.46. The van der Waals surface area contributed by atoms with Crippen molar-refractivity contribution in [3.05, 3.63) is 35.4 Å². The minimum atomic E-state index is -0.590. The number of carbonyl (C=O) groups excluding carboxylic acids is 1. The highest BCUT2D eigenvalue weighted by atomic mass is 16.2. The summed E-state index contributed by atoms with van der Waals surface area (Å²) in [6.45, 7) is 5.03. The second-order valence-electron chi connectivity index (χ2n) is 7.35. The van der Waals surface area contributed by atoms with Crippen LogP contribution in [0.5, 0.6) is 0 Å². The normalized spacial score (nSPS) is 32.6. The Morgan fingerprint density at radius 1 is 1.32 bits per heavy atom. The molecule has 0 unspecified atom stereocenters. The number of fused-ring (bicyclic) bond motifs is 1. The molecule has 1 aromatic rings. The molecule has 3 fully saturated rings. The Hall–Kier alpha value is -1.39. The van der Waals surface area contributed by atoms with Crippen LogP contribution in [0.25, 0.3) is 0 Å². The molecule has 1 saturated carbocycles. The molecule has 2 saturated heterocycles. The number of amides is 1. The predicted molar refractivity (Wildman–Crippen MR) is 86.3 cm³/mol. The van der Waals surface area contributed by atoms with E-state index in [4.69, 9.17) is 5.73 Å². The molecule has 0 bridgehead atoms. The summed E-state index contributed by atoms with van der Waals surface area (Å²) >= 11 is 0. The van der Waals surface area contributed by atoms with Gasteiger partial charge in [0.05, 0.1) is 11.6 Å². The monoisotopic (exact) mass is 299 g/mol. The highest BCUT2D eigenvalue weighted by Gasteiger charge is 2.52. The summed E-state index contributed by atoms with van der Waals surface area (Å²) in [5.41, 5.74) is 8.33. The maximum Gasteiger partial charge on any atom is 0.243 e. The van der Waals surface area contributed by atoms with E-state index in [1.54, 1.807) is 0 Å². The smallest absolute Gasteiger partial charge is 0.243 e. The first kappa shape index (κ1) is 14.2. The zero-order valence-electron chi connectivity index (χ0n) is 13.2. The summed E-state index contributed by atoms with van der Waals surface area (Å²) in [6, 6.07) is 8.68. The second-order valence-corrected chi connectivity index (χ2v) is 7.35. The van der Waals surface area contributed by atoms with E-state index < -0.39 is 5.54 Å². The molecule has 2 heterocycles. The molecule has 2 aliphatic heterocycles. The molecular formula is C18H25N3O. The average molecular weight is 299 g/mol. The molecule has 1 aliphatic carbocycles. The zero-order valence-corrected chi connectivity index (χ0v) is 13.2. The van der Waals surface area contributed by atoms with Gasteiger partial charge in [0.2, 0.25) is 5.91 Å². The lowest BCUT2D eigenvalue weighted by Gasteiger charge is -2.42. The molecule has 3 aliphatic rings. The number of nitrogens with zero attached hydrogens (tertiary/aromatic N) is 1. The fourth-order valence-corrected chi connectivity index (χ4v) is 4.50. The minimum Gasteiger partial charge on any atom is -0.333 e. The van der Waals surface area contributed by atoms with Crippen molar-refractivity contribution in [2.24, 2.45) is 17.6 Å². The van der Waals surface area contributed by atoms with Gasteiger partial charge in [-0.1, -0.05) is 24.3 Å². The van der Waals surface area contributed by atoms with Gasteiger partial charge in [0.1, 0.15) is 0 Å². The third-order valence-electron chi connectivity index (χ3n) is 6.00. The van der Waals surface area contributed by atoms with E-state index in [2.05, 4.69) is 41.4 Å². The summed E-state index contributed by atoms with van der Waals surface area (Å²) in [5, 5.41) is 3.50. The van der Waals surface area contributed by atoms with Gasteiger partial charge in [-0.15, -0.1) is 0 Å². The van der Waals surface area contributed by atoms with Crippen LogP contribution in [0.3, 0.4) is 0 Å². The summed E-state index contributed by atoms with van der Waals surface area (Å²) in [4.78, 5) is 15.2. The number of rotatable bonds is 2. The van der Waals surface area contributed by atoms with Gasteiger partial charge in [0.25, 0.3) is 0 Å².